The van der Waals surface area contributed by atoms with Gasteiger partial charge in [0.15, 0.2) is 11.5 Å². The molecule has 11 heteroatoms. The SMILES string of the molecule is COc1ccc(S(=O)(=O)N(CC(=O)NCCCSCc2ccccc2)c2cc(Cl)ccc2OC)cc1OC. The third kappa shape index (κ3) is 7.72. The van der Waals surface area contributed by atoms with E-state index >= 15 is 0 Å². The minimum atomic E-state index is -4.23. The number of thioether (sulfide) groups is 1. The van der Waals surface area contributed by atoms with E-state index in [9.17, 15) is 13.2 Å². The minimum Gasteiger partial charge on any atom is -0.495 e. The second kappa shape index (κ2) is 14.2. The molecule has 38 heavy (non-hydrogen) atoms. The molecule has 0 bridgehead atoms. The molecule has 0 radical (unpaired) electrons. The first kappa shape index (κ1) is 29.5. The van der Waals surface area contributed by atoms with Gasteiger partial charge in [0.2, 0.25) is 5.91 Å². The summed E-state index contributed by atoms with van der Waals surface area (Å²) in [6, 6.07) is 19.0. The van der Waals surface area contributed by atoms with Gasteiger partial charge in [0.05, 0.1) is 31.9 Å². The summed E-state index contributed by atoms with van der Waals surface area (Å²) in [6.07, 6.45) is 0.742. The highest BCUT2D eigenvalue weighted by atomic mass is 35.5. The van der Waals surface area contributed by atoms with Crippen molar-refractivity contribution < 1.29 is 27.4 Å². The summed E-state index contributed by atoms with van der Waals surface area (Å²) in [6.45, 7) is -0.0535. The van der Waals surface area contributed by atoms with E-state index in [1.807, 2.05) is 18.2 Å². The van der Waals surface area contributed by atoms with Crippen molar-refractivity contribution in [1.82, 2.24) is 5.32 Å². The number of amides is 1. The highest BCUT2D eigenvalue weighted by Gasteiger charge is 2.30. The fraction of sp³-hybridized carbons (Fsp3) is 0.296. The first-order valence-corrected chi connectivity index (χ1v) is 14.7. The molecular weight excluding hydrogens is 548 g/mol. The molecule has 0 unspecified atom stereocenters. The van der Waals surface area contributed by atoms with Crippen molar-refractivity contribution in [2.24, 2.45) is 0 Å². The van der Waals surface area contributed by atoms with E-state index in [-0.39, 0.29) is 22.1 Å². The Morgan fingerprint density at radius 3 is 2.29 bits per heavy atom. The number of benzene rings is 3. The summed E-state index contributed by atoms with van der Waals surface area (Å²) >= 11 is 7.97. The van der Waals surface area contributed by atoms with Gasteiger partial charge in [-0.1, -0.05) is 41.9 Å². The average Bonchev–Trinajstić information content (AvgIpc) is 2.93. The number of halogens is 1. The monoisotopic (exact) mass is 578 g/mol. The highest BCUT2D eigenvalue weighted by Crippen LogP contribution is 2.37. The van der Waals surface area contributed by atoms with Crippen molar-refractivity contribution in [3.63, 3.8) is 0 Å². The molecule has 1 amide bonds. The van der Waals surface area contributed by atoms with Gasteiger partial charge in [0.25, 0.3) is 10.0 Å². The summed E-state index contributed by atoms with van der Waals surface area (Å²) in [5.74, 6) is 2.16. The molecule has 0 saturated heterocycles. The highest BCUT2D eigenvalue weighted by molar-refractivity contribution is 7.98. The number of anilines is 1. The molecule has 0 saturated carbocycles. The molecule has 0 aliphatic rings. The molecule has 204 valence electrons. The Morgan fingerprint density at radius 2 is 1.61 bits per heavy atom. The van der Waals surface area contributed by atoms with Crippen LogP contribution in [0.2, 0.25) is 5.02 Å². The molecule has 3 aromatic rings. The lowest BCUT2D eigenvalue weighted by Crippen LogP contribution is -2.41. The number of hydrogen-bond acceptors (Lipinski definition) is 7. The molecule has 0 heterocycles. The summed E-state index contributed by atoms with van der Waals surface area (Å²) < 4.78 is 44.5. The number of ether oxygens (including phenoxy) is 3. The summed E-state index contributed by atoms with van der Waals surface area (Å²) in [5.41, 5.74) is 1.39. The van der Waals surface area contributed by atoms with Crippen LogP contribution in [-0.2, 0) is 20.6 Å². The van der Waals surface area contributed by atoms with Gasteiger partial charge in [0, 0.05) is 23.4 Å². The molecule has 0 spiro atoms. The Kier molecular flexibility index (Phi) is 11.0. The maximum atomic E-state index is 13.8. The van der Waals surface area contributed by atoms with Gasteiger partial charge in [-0.25, -0.2) is 8.42 Å². The number of rotatable bonds is 14. The Bertz CT molecular complexity index is 1320. The van der Waals surface area contributed by atoms with E-state index in [1.165, 1.54) is 51.2 Å². The van der Waals surface area contributed by atoms with E-state index in [0.29, 0.717) is 17.3 Å². The van der Waals surface area contributed by atoms with Crippen molar-refractivity contribution >= 4 is 45.0 Å². The molecule has 0 fully saturated rings. The Morgan fingerprint density at radius 1 is 0.921 bits per heavy atom. The van der Waals surface area contributed by atoms with Gasteiger partial charge < -0.3 is 19.5 Å². The van der Waals surface area contributed by atoms with Crippen LogP contribution in [0, 0.1) is 0 Å². The van der Waals surface area contributed by atoms with Crippen molar-refractivity contribution in [2.75, 3.05) is 44.5 Å². The third-order valence-corrected chi connectivity index (χ3v) is 8.64. The lowest BCUT2D eigenvalue weighted by Gasteiger charge is -2.26. The van der Waals surface area contributed by atoms with Crippen molar-refractivity contribution in [2.45, 2.75) is 17.1 Å². The van der Waals surface area contributed by atoms with Crippen molar-refractivity contribution in [3.8, 4) is 17.2 Å². The van der Waals surface area contributed by atoms with Gasteiger partial charge >= 0.3 is 0 Å². The molecule has 0 aliphatic heterocycles. The molecular formula is C27H31ClN2O6S2. The predicted molar refractivity (Wildman–Crippen MR) is 152 cm³/mol. The van der Waals surface area contributed by atoms with Crippen LogP contribution in [0.4, 0.5) is 5.69 Å². The van der Waals surface area contributed by atoms with Gasteiger partial charge in [-0.15, -0.1) is 0 Å². The number of sulfonamides is 1. The minimum absolute atomic E-state index is 0.0812. The van der Waals surface area contributed by atoms with Crippen LogP contribution < -0.4 is 23.8 Å². The fourth-order valence-corrected chi connectivity index (χ4v) is 6.14. The molecule has 0 aliphatic carbocycles. The number of nitrogens with one attached hydrogen (secondary N) is 1. The summed E-state index contributed by atoms with van der Waals surface area (Å²) in [4.78, 5) is 12.8. The first-order chi connectivity index (χ1) is 18.3. The van der Waals surface area contributed by atoms with Crippen LogP contribution in [0.1, 0.15) is 12.0 Å². The number of hydrogen-bond donors (Lipinski definition) is 1. The first-order valence-electron chi connectivity index (χ1n) is 11.8. The van der Waals surface area contributed by atoms with E-state index in [2.05, 4.69) is 17.4 Å². The summed E-state index contributed by atoms with van der Waals surface area (Å²) in [7, 11) is 0.0583. The lowest BCUT2D eigenvalue weighted by molar-refractivity contribution is -0.119. The zero-order valence-electron chi connectivity index (χ0n) is 21.5. The Labute approximate surface area is 233 Å². The molecule has 0 atom stereocenters. The largest absolute Gasteiger partial charge is 0.495 e. The molecule has 0 aromatic heterocycles. The second-order valence-electron chi connectivity index (χ2n) is 8.09. The second-order valence-corrected chi connectivity index (χ2v) is 11.5. The quantitative estimate of drug-likeness (QED) is 0.269. The van der Waals surface area contributed by atoms with Gasteiger partial charge in [-0.3, -0.25) is 9.10 Å². The number of methoxy groups -OCH3 is 3. The normalized spacial score (nSPS) is 11.1. The average molecular weight is 579 g/mol. The maximum Gasteiger partial charge on any atom is 0.265 e. The number of carbonyl (C=O) groups is 1. The Balaban J connectivity index is 1.76. The Hall–Kier alpha value is -3.08. The lowest BCUT2D eigenvalue weighted by atomic mass is 10.2. The van der Waals surface area contributed by atoms with Gasteiger partial charge in [-0.2, -0.15) is 11.8 Å². The van der Waals surface area contributed by atoms with Crippen molar-refractivity contribution in [3.05, 3.63) is 77.3 Å². The zero-order chi connectivity index (χ0) is 27.5. The molecule has 8 nitrogen and oxygen atoms in total. The van der Waals surface area contributed by atoms with E-state index in [1.54, 1.807) is 23.9 Å². The van der Waals surface area contributed by atoms with Crippen molar-refractivity contribution in [1.29, 1.82) is 0 Å². The number of carbonyl (C=O) groups excluding carboxylic acids is 1. The van der Waals surface area contributed by atoms with E-state index in [0.717, 1.165) is 22.2 Å². The molecule has 1 N–H and O–H groups in total. The standard InChI is InChI=1S/C27H31ClN2O6S2/c1-34-24-12-10-21(28)16-23(24)30(38(32,33)22-11-13-25(35-2)26(17-22)36-3)18-27(31)29-14-7-15-37-19-20-8-5-4-6-9-20/h4-6,8-13,16-17H,7,14-15,18-19H2,1-3H3,(H,29,31). The number of nitrogens with zero attached hydrogens (tertiary/aromatic N) is 1. The van der Waals surface area contributed by atoms with Crippen LogP contribution in [-0.4, -0.2) is 54.5 Å². The van der Waals surface area contributed by atoms with Crippen LogP contribution >= 0.6 is 23.4 Å². The van der Waals surface area contributed by atoms with Gasteiger partial charge in [0.1, 0.15) is 12.3 Å². The molecule has 3 aromatic carbocycles. The predicted octanol–water partition coefficient (Wildman–Crippen LogP) is 5.00. The topological polar surface area (TPSA) is 94.2 Å². The summed E-state index contributed by atoms with van der Waals surface area (Å²) in [5, 5.41) is 3.12. The molecule has 3 rings (SSSR count). The van der Waals surface area contributed by atoms with Crippen LogP contribution in [0.15, 0.2) is 71.6 Å². The van der Waals surface area contributed by atoms with Crippen LogP contribution in [0.5, 0.6) is 17.2 Å². The van der Waals surface area contributed by atoms with Crippen LogP contribution in [0.25, 0.3) is 0 Å². The maximum absolute atomic E-state index is 13.8. The van der Waals surface area contributed by atoms with Gasteiger partial charge in [-0.05, 0) is 48.1 Å². The van der Waals surface area contributed by atoms with E-state index in [4.69, 9.17) is 25.8 Å². The third-order valence-electron chi connectivity index (χ3n) is 5.54. The van der Waals surface area contributed by atoms with E-state index < -0.39 is 22.5 Å². The van der Waals surface area contributed by atoms with Crippen LogP contribution in [0.3, 0.4) is 0 Å². The fourth-order valence-electron chi connectivity index (χ4n) is 3.61. The zero-order valence-corrected chi connectivity index (χ0v) is 23.9. The smallest absolute Gasteiger partial charge is 0.265 e.